The van der Waals surface area contributed by atoms with Gasteiger partial charge in [0.25, 0.3) is 8.05 Å². The van der Waals surface area contributed by atoms with Crippen LogP contribution in [-0.4, -0.2) is 93.1 Å². The Morgan fingerprint density at radius 1 is 0.895 bits per heavy atom. The van der Waals surface area contributed by atoms with Crippen molar-refractivity contribution in [2.75, 3.05) is 6.61 Å². The summed E-state index contributed by atoms with van der Waals surface area (Å²) in [5, 5.41) is 65.3. The number of aliphatic hydroxyl groups excluding tert-OH is 7. The van der Waals surface area contributed by atoms with Crippen LogP contribution in [-0.2, 0) is 4.65 Å². The zero-order chi connectivity index (χ0) is 15.2. The Balaban J connectivity index is 4.58. The maximum atomic E-state index is 9.80. The zero-order valence-electron chi connectivity index (χ0n) is 11.0. The van der Waals surface area contributed by atoms with Crippen LogP contribution >= 0.6 is 0 Å². The molecule has 0 amide bonds. The van der Waals surface area contributed by atoms with Crippen molar-refractivity contribution in [3.63, 3.8) is 0 Å². The molecule has 19 heavy (non-hydrogen) atoms. The van der Waals surface area contributed by atoms with Crippen molar-refractivity contribution in [1.82, 2.24) is 0 Å². The van der Waals surface area contributed by atoms with E-state index >= 15 is 0 Å². The van der Waals surface area contributed by atoms with E-state index < -0.39 is 49.3 Å². The molecule has 0 heterocycles. The molecule has 0 aliphatic rings. The van der Waals surface area contributed by atoms with Gasteiger partial charge in [-0.15, -0.1) is 0 Å². The number of hydrogen-bond donors (Lipinski definition) is 7. The normalized spacial score (nSPS) is 23.2. The van der Waals surface area contributed by atoms with E-state index in [2.05, 4.69) is 0 Å². The molecule has 0 bridgehead atoms. The lowest BCUT2D eigenvalue weighted by atomic mass is 9.95. The summed E-state index contributed by atoms with van der Waals surface area (Å²) in [6.45, 7) is 0.583. The van der Waals surface area contributed by atoms with Gasteiger partial charge < -0.3 is 40.4 Å². The van der Waals surface area contributed by atoms with E-state index in [1.165, 1.54) is 15.0 Å². The summed E-state index contributed by atoms with van der Waals surface area (Å²) in [5.74, 6) is 0. The average molecular weight is 282 g/mol. The number of aliphatic hydroxyl groups is 7. The standard InChI is InChI=1S/C10H23BO8/c1-4(13)8(16)10(18)9(17)7(19-11)2-5(14)6(15)3-12/h4-10,12-18H,2-3,11H2,1H3/t4-,5?,6?,7?,8?,9?,10?/m1/s1. The highest BCUT2D eigenvalue weighted by molar-refractivity contribution is 5.98. The molecule has 0 spiro atoms. The van der Waals surface area contributed by atoms with Crippen molar-refractivity contribution in [1.29, 1.82) is 0 Å². The lowest BCUT2D eigenvalue weighted by molar-refractivity contribution is -0.134. The maximum absolute atomic E-state index is 9.80. The molecule has 8 nitrogen and oxygen atoms in total. The van der Waals surface area contributed by atoms with Crippen LogP contribution in [0.4, 0.5) is 0 Å². The molecule has 0 aromatic carbocycles. The summed E-state index contributed by atoms with van der Waals surface area (Å²) in [6, 6.07) is 0. The van der Waals surface area contributed by atoms with E-state index in [4.69, 9.17) is 14.9 Å². The third kappa shape index (κ3) is 5.71. The van der Waals surface area contributed by atoms with E-state index in [0.29, 0.717) is 0 Å². The minimum Gasteiger partial charge on any atom is -0.438 e. The Morgan fingerprint density at radius 3 is 1.79 bits per heavy atom. The van der Waals surface area contributed by atoms with Gasteiger partial charge in [0.05, 0.1) is 24.9 Å². The van der Waals surface area contributed by atoms with E-state index in [-0.39, 0.29) is 6.42 Å². The Morgan fingerprint density at radius 2 is 1.42 bits per heavy atom. The molecule has 0 aromatic rings. The van der Waals surface area contributed by atoms with Gasteiger partial charge >= 0.3 is 0 Å². The first kappa shape index (κ1) is 18.7. The van der Waals surface area contributed by atoms with Crippen LogP contribution in [0.15, 0.2) is 0 Å². The molecule has 0 aromatic heterocycles. The van der Waals surface area contributed by atoms with Gasteiger partial charge in [-0.1, -0.05) is 0 Å². The third-order valence-electron chi connectivity index (χ3n) is 2.98. The molecule has 6 unspecified atom stereocenters. The average Bonchev–Trinajstić information content (AvgIpc) is 2.40. The quantitative estimate of drug-likeness (QED) is 0.209. The SMILES string of the molecule is BOC(CC(O)C(O)CO)C(O)C(O)C(O)[C@@H](C)O. The van der Waals surface area contributed by atoms with Crippen molar-refractivity contribution in [2.45, 2.75) is 56.1 Å². The molecule has 0 rings (SSSR count). The highest BCUT2D eigenvalue weighted by Gasteiger charge is 2.35. The first-order valence-corrected chi connectivity index (χ1v) is 5.98. The van der Waals surface area contributed by atoms with Crippen molar-refractivity contribution < 1.29 is 40.4 Å². The van der Waals surface area contributed by atoms with Gasteiger partial charge in [0.1, 0.15) is 24.4 Å². The molecule has 0 aliphatic heterocycles. The monoisotopic (exact) mass is 282 g/mol. The van der Waals surface area contributed by atoms with Gasteiger partial charge in [0.15, 0.2) is 0 Å². The first-order valence-electron chi connectivity index (χ1n) is 5.98. The smallest absolute Gasteiger partial charge is 0.257 e. The van der Waals surface area contributed by atoms with Crippen LogP contribution in [0.25, 0.3) is 0 Å². The summed E-state index contributed by atoms with van der Waals surface area (Å²) < 4.78 is 4.87. The largest absolute Gasteiger partial charge is 0.438 e. The predicted octanol–water partition coefficient (Wildman–Crippen LogP) is -4.51. The third-order valence-corrected chi connectivity index (χ3v) is 2.98. The Hall–Kier alpha value is -0.255. The molecule has 0 saturated carbocycles. The second-order valence-corrected chi connectivity index (χ2v) is 4.54. The lowest BCUT2D eigenvalue weighted by Crippen LogP contribution is -2.50. The lowest BCUT2D eigenvalue weighted by Gasteiger charge is -2.31. The maximum Gasteiger partial charge on any atom is 0.257 e. The van der Waals surface area contributed by atoms with Crippen LogP contribution in [0.2, 0.25) is 0 Å². The van der Waals surface area contributed by atoms with Gasteiger partial charge in [0, 0.05) is 6.42 Å². The number of rotatable bonds is 9. The summed E-state index contributed by atoms with van der Waals surface area (Å²) in [5.41, 5.74) is 0. The minimum absolute atomic E-state index is 0.261. The topological polar surface area (TPSA) is 151 Å². The Bertz CT molecular complexity index is 242. The fourth-order valence-corrected chi connectivity index (χ4v) is 1.60. The molecule has 0 radical (unpaired) electrons. The van der Waals surface area contributed by atoms with Crippen LogP contribution in [0.5, 0.6) is 0 Å². The van der Waals surface area contributed by atoms with Crippen LogP contribution < -0.4 is 0 Å². The highest BCUT2D eigenvalue weighted by Crippen LogP contribution is 2.15. The first-order chi connectivity index (χ1) is 8.76. The fourth-order valence-electron chi connectivity index (χ4n) is 1.60. The van der Waals surface area contributed by atoms with Crippen molar-refractivity contribution in [3.05, 3.63) is 0 Å². The second kappa shape index (κ2) is 8.82. The molecular weight excluding hydrogens is 259 g/mol. The van der Waals surface area contributed by atoms with Gasteiger partial charge in [-0.05, 0) is 6.92 Å². The van der Waals surface area contributed by atoms with E-state index in [0.717, 1.165) is 0 Å². The molecule has 9 heteroatoms. The van der Waals surface area contributed by atoms with Gasteiger partial charge in [-0.2, -0.15) is 0 Å². The minimum atomic E-state index is -1.68. The summed E-state index contributed by atoms with van der Waals surface area (Å²) >= 11 is 0. The van der Waals surface area contributed by atoms with Crippen molar-refractivity contribution in [2.24, 2.45) is 0 Å². The number of hydrogen-bond acceptors (Lipinski definition) is 8. The van der Waals surface area contributed by atoms with Gasteiger partial charge in [0.2, 0.25) is 0 Å². The Kier molecular flexibility index (Phi) is 8.71. The van der Waals surface area contributed by atoms with Crippen LogP contribution in [0.3, 0.4) is 0 Å². The highest BCUT2D eigenvalue weighted by atomic mass is 16.5. The predicted molar refractivity (Wildman–Crippen MR) is 66.8 cm³/mol. The Labute approximate surface area is 112 Å². The molecule has 0 fully saturated rings. The second-order valence-electron chi connectivity index (χ2n) is 4.54. The zero-order valence-corrected chi connectivity index (χ0v) is 11.0. The molecule has 0 saturated heterocycles. The van der Waals surface area contributed by atoms with E-state index in [1.54, 1.807) is 0 Å². The molecule has 114 valence electrons. The van der Waals surface area contributed by atoms with Gasteiger partial charge in [-0.25, -0.2) is 0 Å². The van der Waals surface area contributed by atoms with E-state index in [1.807, 2.05) is 0 Å². The summed E-state index contributed by atoms with van der Waals surface area (Å²) in [7, 11) is 1.22. The molecule has 7 N–H and O–H groups in total. The van der Waals surface area contributed by atoms with Crippen LogP contribution in [0.1, 0.15) is 13.3 Å². The van der Waals surface area contributed by atoms with Crippen molar-refractivity contribution in [3.8, 4) is 0 Å². The molecule has 7 atom stereocenters. The fraction of sp³-hybridized carbons (Fsp3) is 1.00. The van der Waals surface area contributed by atoms with E-state index in [9.17, 15) is 25.5 Å². The molecular formula is C10H23BO8. The van der Waals surface area contributed by atoms with Crippen molar-refractivity contribution >= 4 is 8.05 Å². The summed E-state index contributed by atoms with van der Waals surface area (Å²) in [6.07, 6.45) is -10.2. The summed E-state index contributed by atoms with van der Waals surface area (Å²) in [4.78, 5) is 0. The van der Waals surface area contributed by atoms with Gasteiger partial charge in [-0.3, -0.25) is 0 Å². The molecule has 0 aliphatic carbocycles. The van der Waals surface area contributed by atoms with Crippen LogP contribution in [0, 0.1) is 0 Å².